The molecule has 1 aromatic heterocycles. The number of carbonyl (C=O) groups excluding carboxylic acids is 1. The molecule has 6 nitrogen and oxygen atoms in total. The molecule has 0 saturated carbocycles. The average Bonchev–Trinajstić information content (AvgIpc) is 3.36. The van der Waals surface area contributed by atoms with Crippen LogP contribution in [0.15, 0.2) is 59.9 Å². The lowest BCUT2D eigenvalue weighted by atomic mass is 10.1. The van der Waals surface area contributed by atoms with Crippen molar-refractivity contribution in [2.24, 2.45) is 0 Å². The molecule has 1 saturated heterocycles. The highest BCUT2D eigenvalue weighted by Gasteiger charge is 2.34. The van der Waals surface area contributed by atoms with E-state index in [1.807, 2.05) is 43.5 Å². The summed E-state index contributed by atoms with van der Waals surface area (Å²) < 4.78 is 25.8. The highest BCUT2D eigenvalue weighted by atomic mass is 32.2. The van der Waals surface area contributed by atoms with Gasteiger partial charge in [0.2, 0.25) is 5.91 Å². The maximum atomic E-state index is 13.2. The molecular weight excluding hydrogens is 454 g/mol. The highest BCUT2D eigenvalue weighted by Crippen LogP contribution is 2.34. The standard InChI is InChI=1S/C25H29N3O3S2/c1-17-10-11-22(18(2)14-17)28-23(20-8-6-5-7-9-20)15-26-25(28)32-19(3)24(29)27(4)21-12-13-33(30,31)16-21/h5-11,14-15,19,21H,12-13,16H2,1-4H3/t19-,21-/m0/s1. The first-order chi connectivity index (χ1) is 15.7. The zero-order valence-electron chi connectivity index (χ0n) is 19.4. The first kappa shape index (κ1) is 23.6. The summed E-state index contributed by atoms with van der Waals surface area (Å²) in [5, 5.41) is 0.322. The molecule has 1 aliphatic rings. The van der Waals surface area contributed by atoms with Crippen molar-refractivity contribution >= 4 is 27.5 Å². The Kier molecular flexibility index (Phi) is 6.68. The van der Waals surface area contributed by atoms with Crippen LogP contribution in [0.1, 0.15) is 24.5 Å². The number of carbonyl (C=O) groups is 1. The van der Waals surface area contributed by atoms with Crippen molar-refractivity contribution < 1.29 is 13.2 Å². The van der Waals surface area contributed by atoms with E-state index >= 15 is 0 Å². The fourth-order valence-corrected chi connectivity index (χ4v) is 7.05. The van der Waals surface area contributed by atoms with Crippen molar-refractivity contribution in [1.29, 1.82) is 0 Å². The van der Waals surface area contributed by atoms with Crippen LogP contribution >= 0.6 is 11.8 Å². The summed E-state index contributed by atoms with van der Waals surface area (Å²) >= 11 is 1.40. The number of nitrogens with zero attached hydrogens (tertiary/aromatic N) is 3. The van der Waals surface area contributed by atoms with Crippen LogP contribution in [0.5, 0.6) is 0 Å². The molecule has 3 aromatic rings. The molecule has 2 heterocycles. The summed E-state index contributed by atoms with van der Waals surface area (Å²) in [5.41, 5.74) is 5.33. The van der Waals surface area contributed by atoms with Gasteiger partial charge in [-0.25, -0.2) is 13.4 Å². The third-order valence-corrected chi connectivity index (χ3v) is 8.93. The minimum Gasteiger partial charge on any atom is -0.341 e. The van der Waals surface area contributed by atoms with Crippen molar-refractivity contribution in [3.05, 3.63) is 65.9 Å². The van der Waals surface area contributed by atoms with E-state index in [4.69, 9.17) is 4.98 Å². The number of hydrogen-bond donors (Lipinski definition) is 0. The molecule has 33 heavy (non-hydrogen) atoms. The monoisotopic (exact) mass is 483 g/mol. The molecule has 2 aromatic carbocycles. The number of aryl methyl sites for hydroxylation is 2. The molecule has 1 aliphatic heterocycles. The van der Waals surface area contributed by atoms with Crippen LogP contribution in [0.2, 0.25) is 0 Å². The molecule has 0 radical (unpaired) electrons. The number of benzene rings is 2. The second kappa shape index (κ2) is 9.35. The van der Waals surface area contributed by atoms with Gasteiger partial charge in [-0.15, -0.1) is 0 Å². The molecule has 1 amide bonds. The Morgan fingerprint density at radius 1 is 1.18 bits per heavy atom. The Balaban J connectivity index is 1.66. The first-order valence-corrected chi connectivity index (χ1v) is 13.7. The molecule has 2 atom stereocenters. The molecule has 4 rings (SSSR count). The van der Waals surface area contributed by atoms with E-state index in [1.54, 1.807) is 11.9 Å². The van der Waals surface area contributed by atoms with E-state index in [2.05, 4.69) is 36.6 Å². The van der Waals surface area contributed by atoms with Crippen LogP contribution < -0.4 is 0 Å². The molecular formula is C25H29N3O3S2. The van der Waals surface area contributed by atoms with Crippen LogP contribution in [-0.2, 0) is 14.6 Å². The van der Waals surface area contributed by atoms with Crippen molar-refractivity contribution in [3.8, 4) is 16.9 Å². The lowest BCUT2D eigenvalue weighted by Gasteiger charge is -2.26. The second-order valence-corrected chi connectivity index (χ2v) is 12.2. The number of thioether (sulfide) groups is 1. The predicted octanol–water partition coefficient (Wildman–Crippen LogP) is 4.28. The molecule has 0 spiro atoms. The molecule has 0 aliphatic carbocycles. The van der Waals surface area contributed by atoms with Gasteiger partial charge in [0.05, 0.1) is 34.3 Å². The van der Waals surface area contributed by atoms with Gasteiger partial charge in [-0.05, 0) is 38.8 Å². The Bertz CT molecular complexity index is 1270. The molecule has 1 fully saturated rings. The summed E-state index contributed by atoms with van der Waals surface area (Å²) in [6.45, 7) is 6.00. The third-order valence-electron chi connectivity index (χ3n) is 6.13. The van der Waals surface area contributed by atoms with E-state index in [0.29, 0.717) is 6.42 Å². The van der Waals surface area contributed by atoms with Crippen LogP contribution in [-0.4, -0.2) is 58.6 Å². The minimum absolute atomic E-state index is 0.0436. The van der Waals surface area contributed by atoms with Gasteiger partial charge >= 0.3 is 0 Å². The normalized spacial score (nSPS) is 18.2. The molecule has 0 bridgehead atoms. The maximum absolute atomic E-state index is 13.2. The van der Waals surface area contributed by atoms with Crippen molar-refractivity contribution in [1.82, 2.24) is 14.5 Å². The van der Waals surface area contributed by atoms with E-state index < -0.39 is 15.1 Å². The van der Waals surface area contributed by atoms with Crippen molar-refractivity contribution in [2.75, 3.05) is 18.6 Å². The van der Waals surface area contributed by atoms with E-state index in [0.717, 1.165) is 27.7 Å². The summed E-state index contributed by atoms with van der Waals surface area (Å²) in [6, 6.07) is 16.1. The Morgan fingerprint density at radius 2 is 1.91 bits per heavy atom. The van der Waals surface area contributed by atoms with Gasteiger partial charge in [0.25, 0.3) is 0 Å². The largest absolute Gasteiger partial charge is 0.341 e. The second-order valence-electron chi connectivity index (χ2n) is 8.68. The zero-order valence-corrected chi connectivity index (χ0v) is 21.0. The topological polar surface area (TPSA) is 72.3 Å². The Labute approximate surface area is 199 Å². The third kappa shape index (κ3) is 5.01. The zero-order chi connectivity index (χ0) is 23.8. The van der Waals surface area contributed by atoms with Gasteiger partial charge in [0.15, 0.2) is 15.0 Å². The van der Waals surface area contributed by atoms with Crippen LogP contribution in [0.25, 0.3) is 16.9 Å². The highest BCUT2D eigenvalue weighted by molar-refractivity contribution is 8.00. The quantitative estimate of drug-likeness (QED) is 0.489. The minimum atomic E-state index is -3.05. The van der Waals surface area contributed by atoms with Gasteiger partial charge in [-0.1, -0.05) is 59.8 Å². The number of sulfone groups is 1. The predicted molar refractivity (Wildman–Crippen MR) is 134 cm³/mol. The molecule has 174 valence electrons. The van der Waals surface area contributed by atoms with Gasteiger partial charge in [0.1, 0.15) is 0 Å². The van der Waals surface area contributed by atoms with Gasteiger partial charge in [-0.2, -0.15) is 0 Å². The van der Waals surface area contributed by atoms with Crippen LogP contribution in [0.4, 0.5) is 0 Å². The molecule has 8 heteroatoms. The summed E-state index contributed by atoms with van der Waals surface area (Å²) in [5.74, 6) is 0.106. The maximum Gasteiger partial charge on any atom is 0.235 e. The van der Waals surface area contributed by atoms with Gasteiger partial charge in [-0.3, -0.25) is 9.36 Å². The van der Waals surface area contributed by atoms with E-state index in [1.165, 1.54) is 17.3 Å². The Hall–Kier alpha value is -2.58. The average molecular weight is 484 g/mol. The summed E-state index contributed by atoms with van der Waals surface area (Å²) in [6.07, 6.45) is 2.35. The number of imidazole rings is 1. The fourth-order valence-electron chi connectivity index (χ4n) is 4.28. The van der Waals surface area contributed by atoms with E-state index in [-0.39, 0.29) is 23.5 Å². The molecule has 0 unspecified atom stereocenters. The van der Waals surface area contributed by atoms with Crippen LogP contribution in [0.3, 0.4) is 0 Å². The lowest BCUT2D eigenvalue weighted by molar-refractivity contribution is -0.130. The number of amides is 1. The smallest absolute Gasteiger partial charge is 0.235 e. The van der Waals surface area contributed by atoms with Crippen molar-refractivity contribution in [3.63, 3.8) is 0 Å². The number of rotatable bonds is 6. The molecule has 0 N–H and O–H groups in total. The van der Waals surface area contributed by atoms with Crippen molar-refractivity contribution in [2.45, 2.75) is 43.6 Å². The van der Waals surface area contributed by atoms with E-state index in [9.17, 15) is 13.2 Å². The fraction of sp³-hybridized carbons (Fsp3) is 0.360. The summed E-state index contributed by atoms with van der Waals surface area (Å²) in [4.78, 5) is 19.5. The van der Waals surface area contributed by atoms with Gasteiger partial charge < -0.3 is 4.90 Å². The summed E-state index contributed by atoms with van der Waals surface area (Å²) in [7, 11) is -1.35. The SMILES string of the molecule is Cc1ccc(-n2c(-c3ccccc3)cnc2S[C@@H](C)C(=O)N(C)[C@H]2CCS(=O)(=O)C2)c(C)c1. The number of aromatic nitrogens is 2. The lowest BCUT2D eigenvalue weighted by Crippen LogP contribution is -2.41. The Morgan fingerprint density at radius 3 is 2.55 bits per heavy atom. The van der Waals surface area contributed by atoms with Gasteiger partial charge in [0, 0.05) is 18.7 Å². The van der Waals surface area contributed by atoms with Crippen LogP contribution in [0, 0.1) is 13.8 Å². The number of hydrogen-bond acceptors (Lipinski definition) is 5. The first-order valence-electron chi connectivity index (χ1n) is 11.0.